The molecule has 1 aromatic heterocycles. The predicted molar refractivity (Wildman–Crippen MR) is 135 cm³/mol. The first-order valence-corrected chi connectivity index (χ1v) is 12.4. The lowest BCUT2D eigenvalue weighted by Crippen LogP contribution is -2.62. The number of thiazole rings is 1. The Morgan fingerprint density at radius 1 is 1.27 bits per heavy atom. The van der Waals surface area contributed by atoms with Crippen LogP contribution in [0.1, 0.15) is 42.6 Å². The Morgan fingerprint density at radius 2 is 1.92 bits per heavy atom. The number of halogens is 3. The number of thiocarbonyl (C=S) groups is 1. The van der Waals surface area contributed by atoms with Crippen molar-refractivity contribution in [2.24, 2.45) is 5.92 Å². The van der Waals surface area contributed by atoms with Gasteiger partial charge in [-0.3, -0.25) is 15.0 Å². The Morgan fingerprint density at radius 3 is 2.46 bits per heavy atom. The second-order valence-corrected chi connectivity index (χ2v) is 10.8. The summed E-state index contributed by atoms with van der Waals surface area (Å²) >= 11 is 6.29. The highest BCUT2D eigenvalue weighted by molar-refractivity contribution is 7.80. The van der Waals surface area contributed by atoms with E-state index in [0.29, 0.717) is 5.56 Å². The number of nitrogens with one attached hydrogen (secondary N) is 2. The molecule has 0 aliphatic carbocycles. The molecule has 4 N–H and O–H groups in total. The van der Waals surface area contributed by atoms with Gasteiger partial charge < -0.3 is 20.3 Å². The van der Waals surface area contributed by atoms with E-state index in [1.165, 1.54) is 5.38 Å². The Hall–Kier alpha value is -2.81. The maximum atomic E-state index is 13.5. The standard InChI is InChI=1S/C23H27F3N4O5S2/c1-21(2,3)30(20(33)34)16-11-37-18(27-16)22(12-35-15(23(24,25)26)9-14(22)10-31)29-19(36)28-17(32)13-7-5-4-6-8-13/h4-8,11,14-15,31H,9-10,12H2,1-3H3,(H,33,34)(H2,28,29,32,36)/t14-,15+,22-/m0/s1. The number of amides is 2. The fourth-order valence-corrected chi connectivity index (χ4v) is 5.35. The Bertz CT molecular complexity index is 1140. The van der Waals surface area contributed by atoms with E-state index >= 15 is 0 Å². The molecule has 3 rings (SSSR count). The van der Waals surface area contributed by atoms with Gasteiger partial charge in [0.05, 0.1) is 6.61 Å². The fraction of sp³-hybridized carbons (Fsp3) is 0.478. The number of anilines is 1. The number of alkyl halides is 3. The van der Waals surface area contributed by atoms with Gasteiger partial charge in [0.25, 0.3) is 5.91 Å². The number of rotatable bonds is 5. The predicted octanol–water partition coefficient (Wildman–Crippen LogP) is 3.89. The number of ether oxygens (including phenoxy) is 1. The van der Waals surface area contributed by atoms with Gasteiger partial charge in [-0.15, -0.1) is 11.3 Å². The highest BCUT2D eigenvalue weighted by atomic mass is 32.1. The number of carbonyl (C=O) groups excluding carboxylic acids is 1. The zero-order chi connectivity index (χ0) is 27.6. The average Bonchev–Trinajstić information content (AvgIpc) is 3.27. The normalized spacial score (nSPS) is 22.2. The van der Waals surface area contributed by atoms with E-state index in [0.717, 1.165) is 16.2 Å². The van der Waals surface area contributed by atoms with Gasteiger partial charge >= 0.3 is 12.3 Å². The van der Waals surface area contributed by atoms with Crippen molar-refractivity contribution in [1.82, 2.24) is 15.6 Å². The Labute approximate surface area is 220 Å². The van der Waals surface area contributed by atoms with Crippen molar-refractivity contribution in [3.8, 4) is 0 Å². The third-order valence-corrected chi connectivity index (χ3v) is 7.07. The summed E-state index contributed by atoms with van der Waals surface area (Å²) in [6, 6.07) is 8.15. The summed E-state index contributed by atoms with van der Waals surface area (Å²) in [6.07, 6.45) is -8.68. The molecular formula is C23H27F3N4O5S2. The first-order chi connectivity index (χ1) is 17.2. The lowest BCUT2D eigenvalue weighted by atomic mass is 9.79. The smallest absolute Gasteiger partial charge is 0.414 e. The molecule has 0 unspecified atom stereocenters. The number of hydrogen-bond acceptors (Lipinski definition) is 7. The van der Waals surface area contributed by atoms with E-state index in [9.17, 15) is 33.0 Å². The second-order valence-electron chi connectivity index (χ2n) is 9.50. The number of aromatic nitrogens is 1. The number of aliphatic hydroxyl groups excluding tert-OH is 1. The average molecular weight is 561 g/mol. The fourth-order valence-electron chi connectivity index (χ4n) is 4.06. The topological polar surface area (TPSA) is 124 Å². The summed E-state index contributed by atoms with van der Waals surface area (Å²) in [5.41, 5.74) is -2.16. The highest BCUT2D eigenvalue weighted by Crippen LogP contribution is 2.44. The molecular weight excluding hydrogens is 533 g/mol. The van der Waals surface area contributed by atoms with Crippen LogP contribution in [0, 0.1) is 5.92 Å². The molecule has 1 saturated heterocycles. The van der Waals surface area contributed by atoms with Crippen LogP contribution in [0.2, 0.25) is 0 Å². The van der Waals surface area contributed by atoms with Crippen LogP contribution in [-0.4, -0.2) is 63.3 Å². The van der Waals surface area contributed by atoms with Crippen LogP contribution in [-0.2, 0) is 10.3 Å². The van der Waals surface area contributed by atoms with Gasteiger partial charge in [-0.25, -0.2) is 9.78 Å². The quantitative estimate of drug-likeness (QED) is 0.406. The summed E-state index contributed by atoms with van der Waals surface area (Å²) in [6.45, 7) is 3.71. The van der Waals surface area contributed by atoms with Crippen molar-refractivity contribution in [3.05, 3.63) is 46.3 Å². The second kappa shape index (κ2) is 10.9. The van der Waals surface area contributed by atoms with Crippen LogP contribution in [0.3, 0.4) is 0 Å². The Balaban J connectivity index is 1.99. The van der Waals surface area contributed by atoms with Crippen molar-refractivity contribution in [2.75, 3.05) is 18.1 Å². The lowest BCUT2D eigenvalue weighted by molar-refractivity contribution is -0.249. The van der Waals surface area contributed by atoms with E-state index < -0.39 is 60.9 Å². The number of benzene rings is 1. The molecule has 1 aliphatic heterocycles. The van der Waals surface area contributed by atoms with Crippen LogP contribution in [0.4, 0.5) is 23.8 Å². The van der Waals surface area contributed by atoms with Crippen LogP contribution >= 0.6 is 23.6 Å². The minimum absolute atomic E-state index is 0.0510. The summed E-state index contributed by atoms with van der Waals surface area (Å²) in [4.78, 5) is 30.0. The van der Waals surface area contributed by atoms with Crippen LogP contribution < -0.4 is 15.5 Å². The summed E-state index contributed by atoms with van der Waals surface area (Å²) in [7, 11) is 0. The first kappa shape index (κ1) is 28.8. The SMILES string of the molecule is CC(C)(C)N(C(=O)O)c1csc([C@]2(NC(=S)NC(=O)c3ccccc3)CO[C@@H](C(F)(F)F)C[C@H]2CO)n1. The van der Waals surface area contributed by atoms with E-state index in [2.05, 4.69) is 15.6 Å². The van der Waals surface area contributed by atoms with Crippen molar-refractivity contribution in [3.63, 3.8) is 0 Å². The molecule has 0 spiro atoms. The van der Waals surface area contributed by atoms with Crippen molar-refractivity contribution in [2.45, 2.75) is 50.6 Å². The molecule has 1 fully saturated rings. The third kappa shape index (κ3) is 6.37. The molecule has 0 bridgehead atoms. The van der Waals surface area contributed by atoms with Gasteiger partial charge in [0.1, 0.15) is 16.4 Å². The molecule has 3 atom stereocenters. The minimum Gasteiger partial charge on any atom is -0.465 e. The highest BCUT2D eigenvalue weighted by Gasteiger charge is 2.54. The molecule has 14 heteroatoms. The molecule has 37 heavy (non-hydrogen) atoms. The van der Waals surface area contributed by atoms with Gasteiger partial charge in [-0.05, 0) is 51.5 Å². The third-order valence-electron chi connectivity index (χ3n) is 5.86. The van der Waals surface area contributed by atoms with Crippen molar-refractivity contribution >= 4 is 46.5 Å². The van der Waals surface area contributed by atoms with E-state index in [-0.39, 0.29) is 15.9 Å². The monoisotopic (exact) mass is 560 g/mol. The molecule has 2 amide bonds. The number of hydrogen-bond donors (Lipinski definition) is 4. The summed E-state index contributed by atoms with van der Waals surface area (Å²) < 4.78 is 45.6. The summed E-state index contributed by atoms with van der Waals surface area (Å²) in [5.74, 6) is -1.59. The van der Waals surface area contributed by atoms with Crippen molar-refractivity contribution in [1.29, 1.82) is 0 Å². The van der Waals surface area contributed by atoms with E-state index in [4.69, 9.17) is 17.0 Å². The summed E-state index contributed by atoms with van der Waals surface area (Å²) in [5, 5.41) is 26.6. The largest absolute Gasteiger partial charge is 0.465 e. The van der Waals surface area contributed by atoms with E-state index in [1.807, 2.05) is 0 Å². The maximum Gasteiger partial charge on any atom is 0.414 e. The van der Waals surface area contributed by atoms with Crippen molar-refractivity contribution < 1.29 is 37.7 Å². The van der Waals surface area contributed by atoms with E-state index in [1.54, 1.807) is 51.1 Å². The van der Waals surface area contributed by atoms with Crippen LogP contribution in [0.5, 0.6) is 0 Å². The van der Waals surface area contributed by atoms with Gasteiger partial charge in [0, 0.05) is 29.0 Å². The van der Waals surface area contributed by atoms with Gasteiger partial charge in [-0.2, -0.15) is 13.2 Å². The molecule has 9 nitrogen and oxygen atoms in total. The molecule has 1 aliphatic rings. The number of carboxylic acid groups (broad SMARTS) is 1. The molecule has 0 saturated carbocycles. The molecule has 2 aromatic rings. The lowest BCUT2D eigenvalue weighted by Gasteiger charge is -2.45. The van der Waals surface area contributed by atoms with Gasteiger partial charge in [-0.1, -0.05) is 18.2 Å². The molecule has 202 valence electrons. The van der Waals surface area contributed by atoms with Crippen LogP contribution in [0.25, 0.3) is 0 Å². The molecule has 1 aromatic carbocycles. The zero-order valence-electron chi connectivity index (χ0n) is 20.2. The first-order valence-electron chi connectivity index (χ1n) is 11.2. The Kier molecular flexibility index (Phi) is 8.47. The van der Waals surface area contributed by atoms with Crippen LogP contribution in [0.15, 0.2) is 35.7 Å². The maximum absolute atomic E-state index is 13.5. The zero-order valence-corrected chi connectivity index (χ0v) is 21.8. The van der Waals surface area contributed by atoms with Gasteiger partial charge in [0.2, 0.25) is 0 Å². The number of aliphatic hydroxyl groups is 1. The van der Waals surface area contributed by atoms with Gasteiger partial charge in [0.15, 0.2) is 11.2 Å². The number of carbonyl (C=O) groups is 2. The minimum atomic E-state index is -4.66. The number of nitrogens with zero attached hydrogens (tertiary/aromatic N) is 2. The molecule has 2 heterocycles. The molecule has 0 radical (unpaired) electrons.